The number of hydrogen-bond acceptors (Lipinski definition) is 2. The molecule has 0 atom stereocenters. The molecule has 0 saturated heterocycles. The third-order valence-corrected chi connectivity index (χ3v) is 3.08. The van der Waals surface area contributed by atoms with E-state index in [4.69, 9.17) is 0 Å². The van der Waals surface area contributed by atoms with Crippen molar-refractivity contribution in [2.24, 2.45) is 0 Å². The lowest BCUT2D eigenvalue weighted by Gasteiger charge is -1.97. The van der Waals surface area contributed by atoms with Crippen molar-refractivity contribution in [3.05, 3.63) is 76.0 Å². The van der Waals surface area contributed by atoms with Gasteiger partial charge in [-0.1, -0.05) is 18.2 Å². The first-order chi connectivity index (χ1) is 10.1. The van der Waals surface area contributed by atoms with Crippen LogP contribution in [0.15, 0.2) is 53.3 Å². The van der Waals surface area contributed by atoms with Gasteiger partial charge in [-0.25, -0.2) is 9.18 Å². The maximum absolute atomic E-state index is 13.0. The Balaban J connectivity index is 1.88. The number of hydrogen-bond donors (Lipinski definition) is 2. The molecule has 0 radical (unpaired) electrons. The van der Waals surface area contributed by atoms with Crippen LogP contribution in [-0.2, 0) is 0 Å². The molecule has 0 saturated carbocycles. The van der Waals surface area contributed by atoms with Crippen LogP contribution >= 0.6 is 0 Å². The van der Waals surface area contributed by atoms with Gasteiger partial charge in [-0.2, -0.15) is 0 Å². The Labute approximate surface area is 118 Å². The molecule has 1 heterocycles. The molecule has 0 bridgehead atoms. The van der Waals surface area contributed by atoms with Crippen molar-refractivity contribution >= 4 is 22.9 Å². The van der Waals surface area contributed by atoms with Crippen molar-refractivity contribution in [1.29, 1.82) is 0 Å². The Morgan fingerprint density at radius 1 is 1.05 bits per heavy atom. The highest BCUT2D eigenvalue weighted by atomic mass is 19.1. The summed E-state index contributed by atoms with van der Waals surface area (Å²) in [7, 11) is 0. The molecule has 0 spiro atoms. The topological polar surface area (TPSA) is 65.7 Å². The molecule has 0 aliphatic heterocycles. The zero-order valence-electron chi connectivity index (χ0n) is 10.9. The standard InChI is InChI=1S/C16H11FN2O2/c17-12-3-1-2-10(8-12)4-7-15(20)11-5-6-13-14(9-11)19-16(21)18-13/h1-9H,(H2,18,19,21). The minimum Gasteiger partial charge on any atom is -0.306 e. The van der Waals surface area contributed by atoms with Crippen molar-refractivity contribution in [2.75, 3.05) is 0 Å². The fraction of sp³-hybridized carbons (Fsp3) is 0. The van der Waals surface area contributed by atoms with E-state index in [9.17, 15) is 14.0 Å². The van der Waals surface area contributed by atoms with Crippen molar-refractivity contribution < 1.29 is 9.18 Å². The number of imidazole rings is 1. The first-order valence-corrected chi connectivity index (χ1v) is 6.32. The highest BCUT2D eigenvalue weighted by Gasteiger charge is 2.05. The highest BCUT2D eigenvalue weighted by molar-refractivity contribution is 6.08. The number of aromatic nitrogens is 2. The molecule has 2 aromatic carbocycles. The second-order valence-electron chi connectivity index (χ2n) is 4.59. The highest BCUT2D eigenvalue weighted by Crippen LogP contribution is 2.12. The molecule has 0 amide bonds. The van der Waals surface area contributed by atoms with E-state index >= 15 is 0 Å². The molecular formula is C16H11FN2O2. The lowest BCUT2D eigenvalue weighted by atomic mass is 10.1. The molecule has 4 nitrogen and oxygen atoms in total. The van der Waals surface area contributed by atoms with Gasteiger partial charge in [-0.15, -0.1) is 0 Å². The zero-order chi connectivity index (χ0) is 14.8. The van der Waals surface area contributed by atoms with E-state index in [1.807, 2.05) is 0 Å². The average molecular weight is 282 g/mol. The van der Waals surface area contributed by atoms with Crippen LogP contribution < -0.4 is 5.69 Å². The van der Waals surface area contributed by atoms with Crippen molar-refractivity contribution in [2.45, 2.75) is 0 Å². The Morgan fingerprint density at radius 2 is 1.86 bits per heavy atom. The second kappa shape index (κ2) is 5.20. The minimum absolute atomic E-state index is 0.219. The summed E-state index contributed by atoms with van der Waals surface area (Å²) < 4.78 is 13.0. The molecule has 0 aliphatic rings. The van der Waals surface area contributed by atoms with E-state index in [1.54, 1.807) is 36.4 Å². The normalized spacial score (nSPS) is 11.3. The molecule has 21 heavy (non-hydrogen) atoms. The van der Waals surface area contributed by atoms with Gasteiger partial charge in [0.2, 0.25) is 0 Å². The molecule has 3 aromatic rings. The maximum atomic E-state index is 13.0. The predicted molar refractivity (Wildman–Crippen MR) is 78.7 cm³/mol. The SMILES string of the molecule is O=C(C=Cc1cccc(F)c1)c1ccc2[nH]c(=O)[nH]c2c1. The van der Waals surface area contributed by atoms with Gasteiger partial charge in [0.05, 0.1) is 11.0 Å². The number of ketones is 1. The molecule has 0 unspecified atom stereocenters. The third-order valence-electron chi connectivity index (χ3n) is 3.08. The predicted octanol–water partition coefficient (Wildman–Crippen LogP) is 2.89. The molecule has 0 aliphatic carbocycles. The summed E-state index contributed by atoms with van der Waals surface area (Å²) in [5.41, 5.74) is 1.96. The summed E-state index contributed by atoms with van der Waals surface area (Å²) in [5, 5.41) is 0. The van der Waals surface area contributed by atoms with Gasteiger partial charge in [0, 0.05) is 5.56 Å². The van der Waals surface area contributed by atoms with Crippen molar-refractivity contribution in [3.8, 4) is 0 Å². The van der Waals surface area contributed by atoms with E-state index in [2.05, 4.69) is 9.97 Å². The van der Waals surface area contributed by atoms with Crippen LogP contribution in [-0.4, -0.2) is 15.8 Å². The number of allylic oxidation sites excluding steroid dienone is 1. The number of carbonyl (C=O) groups is 1. The fourth-order valence-electron chi connectivity index (χ4n) is 2.06. The first-order valence-electron chi connectivity index (χ1n) is 6.32. The average Bonchev–Trinajstić information content (AvgIpc) is 2.84. The molecule has 5 heteroatoms. The molecule has 1 aromatic heterocycles. The smallest absolute Gasteiger partial charge is 0.306 e. The number of fused-ring (bicyclic) bond motifs is 1. The van der Waals surface area contributed by atoms with Crippen molar-refractivity contribution in [3.63, 3.8) is 0 Å². The van der Waals surface area contributed by atoms with Gasteiger partial charge in [-0.3, -0.25) is 4.79 Å². The quantitative estimate of drug-likeness (QED) is 0.573. The van der Waals surface area contributed by atoms with E-state index in [0.717, 1.165) is 0 Å². The van der Waals surface area contributed by atoms with E-state index in [0.29, 0.717) is 22.2 Å². The summed E-state index contributed by atoms with van der Waals surface area (Å²) in [4.78, 5) is 28.4. The van der Waals surface area contributed by atoms with Crippen LogP contribution in [0.25, 0.3) is 17.1 Å². The third kappa shape index (κ3) is 2.81. The lowest BCUT2D eigenvalue weighted by Crippen LogP contribution is -1.99. The zero-order valence-corrected chi connectivity index (χ0v) is 10.9. The van der Waals surface area contributed by atoms with Gasteiger partial charge in [0.1, 0.15) is 5.82 Å². The fourth-order valence-corrected chi connectivity index (χ4v) is 2.06. The van der Waals surface area contributed by atoms with Crippen LogP contribution in [0.3, 0.4) is 0 Å². The summed E-state index contributed by atoms with van der Waals surface area (Å²) in [6.07, 6.45) is 2.93. The summed E-state index contributed by atoms with van der Waals surface area (Å²) in [6, 6.07) is 10.9. The Hall–Kier alpha value is -2.95. The number of rotatable bonds is 3. The van der Waals surface area contributed by atoms with Gasteiger partial charge in [0.15, 0.2) is 5.78 Å². The van der Waals surface area contributed by atoms with Crippen LogP contribution in [0.2, 0.25) is 0 Å². The molecule has 2 N–H and O–H groups in total. The number of H-pyrrole nitrogens is 2. The monoisotopic (exact) mass is 282 g/mol. The van der Waals surface area contributed by atoms with Gasteiger partial charge < -0.3 is 9.97 Å². The Morgan fingerprint density at radius 3 is 2.67 bits per heavy atom. The van der Waals surface area contributed by atoms with Gasteiger partial charge in [0.25, 0.3) is 0 Å². The number of aromatic amines is 2. The minimum atomic E-state index is -0.351. The number of nitrogens with one attached hydrogen (secondary N) is 2. The van der Waals surface area contributed by atoms with Crippen molar-refractivity contribution in [1.82, 2.24) is 9.97 Å². The molecule has 104 valence electrons. The Bertz CT molecular complexity index is 906. The van der Waals surface area contributed by atoms with E-state index < -0.39 is 0 Å². The Kier molecular flexibility index (Phi) is 3.23. The van der Waals surface area contributed by atoms with Crippen LogP contribution in [0, 0.1) is 5.82 Å². The van der Waals surface area contributed by atoms with Crippen LogP contribution in [0.4, 0.5) is 4.39 Å². The van der Waals surface area contributed by atoms with Crippen LogP contribution in [0.1, 0.15) is 15.9 Å². The molecule has 3 rings (SSSR count). The molecule has 0 fully saturated rings. The summed E-state index contributed by atoms with van der Waals surface area (Å²) in [6.45, 7) is 0. The molecular weight excluding hydrogens is 271 g/mol. The number of carbonyl (C=O) groups excluding carboxylic acids is 1. The van der Waals surface area contributed by atoms with Crippen LogP contribution in [0.5, 0.6) is 0 Å². The van der Waals surface area contributed by atoms with E-state index in [1.165, 1.54) is 18.2 Å². The maximum Gasteiger partial charge on any atom is 0.323 e. The summed E-state index contributed by atoms with van der Waals surface area (Å²) in [5.74, 6) is -0.570. The van der Waals surface area contributed by atoms with Gasteiger partial charge >= 0.3 is 5.69 Å². The largest absolute Gasteiger partial charge is 0.323 e. The number of halogens is 1. The summed E-state index contributed by atoms with van der Waals surface area (Å²) >= 11 is 0. The number of benzene rings is 2. The van der Waals surface area contributed by atoms with E-state index in [-0.39, 0.29) is 17.3 Å². The van der Waals surface area contributed by atoms with Gasteiger partial charge in [-0.05, 0) is 42.0 Å². The lowest BCUT2D eigenvalue weighted by molar-refractivity contribution is 0.104. The second-order valence-corrected chi connectivity index (χ2v) is 4.59. The first kappa shape index (κ1) is 13.1.